The van der Waals surface area contributed by atoms with Crippen LogP contribution in [-0.4, -0.2) is 29.0 Å². The van der Waals surface area contributed by atoms with Crippen molar-refractivity contribution in [3.05, 3.63) is 41.1 Å². The van der Waals surface area contributed by atoms with Crippen LogP contribution in [0.5, 0.6) is 0 Å². The molecule has 0 unspecified atom stereocenters. The molecule has 0 aliphatic heterocycles. The lowest BCUT2D eigenvalue weighted by molar-refractivity contribution is 0.0938. The molecule has 2 aromatic heterocycles. The number of rotatable bonds is 5. The van der Waals surface area contributed by atoms with Crippen LogP contribution in [0.25, 0.3) is 0 Å². The van der Waals surface area contributed by atoms with E-state index < -0.39 is 0 Å². The van der Waals surface area contributed by atoms with Gasteiger partial charge in [-0.2, -0.15) is 0 Å². The van der Waals surface area contributed by atoms with Gasteiger partial charge < -0.3 is 14.6 Å². The van der Waals surface area contributed by atoms with E-state index in [1.54, 1.807) is 13.0 Å². The third kappa shape index (κ3) is 3.89. The minimum atomic E-state index is -0.175. The van der Waals surface area contributed by atoms with Crippen molar-refractivity contribution in [3.63, 3.8) is 0 Å². The lowest BCUT2D eigenvalue weighted by atomic mass is 9.95. The van der Waals surface area contributed by atoms with E-state index in [9.17, 15) is 4.79 Å². The molecule has 26 heavy (non-hydrogen) atoms. The first-order chi connectivity index (χ1) is 12.5. The van der Waals surface area contributed by atoms with Crippen molar-refractivity contribution in [2.45, 2.75) is 65.0 Å². The molecule has 2 aromatic rings. The van der Waals surface area contributed by atoms with Gasteiger partial charge in [0.1, 0.15) is 5.76 Å². The first kappa shape index (κ1) is 18.4. The number of hydrogen-bond donors (Lipinski definition) is 1. The fourth-order valence-electron chi connectivity index (χ4n) is 3.66. The predicted octanol–water partition coefficient (Wildman–Crippen LogP) is 3.95. The number of anilines is 1. The highest BCUT2D eigenvalue weighted by Crippen LogP contribution is 2.25. The summed E-state index contributed by atoms with van der Waals surface area (Å²) >= 11 is 0. The maximum Gasteiger partial charge on any atom is 0.255 e. The Balaban J connectivity index is 1.70. The molecular weight excluding hydrogens is 328 g/mol. The maximum absolute atomic E-state index is 12.4. The van der Waals surface area contributed by atoms with Crippen LogP contribution in [0.15, 0.2) is 22.9 Å². The van der Waals surface area contributed by atoms with Gasteiger partial charge in [-0.05, 0) is 39.7 Å². The van der Waals surface area contributed by atoms with Crippen molar-refractivity contribution in [2.75, 3.05) is 11.9 Å². The highest BCUT2D eigenvalue weighted by molar-refractivity contribution is 5.95. The Kier molecular flexibility index (Phi) is 5.59. The van der Waals surface area contributed by atoms with Crippen molar-refractivity contribution in [1.82, 2.24) is 15.3 Å². The molecular formula is C20H28N4O2. The summed E-state index contributed by atoms with van der Waals surface area (Å²) in [4.78, 5) is 23.9. The van der Waals surface area contributed by atoms with Crippen molar-refractivity contribution < 1.29 is 9.21 Å². The summed E-state index contributed by atoms with van der Waals surface area (Å²) in [6.45, 7) is 5.70. The zero-order chi connectivity index (χ0) is 18.7. The number of carbonyl (C=O) groups is 1. The normalized spacial score (nSPS) is 16.3. The van der Waals surface area contributed by atoms with Gasteiger partial charge in [-0.15, -0.1) is 0 Å². The molecule has 1 aliphatic carbocycles. The van der Waals surface area contributed by atoms with Crippen LogP contribution in [0.3, 0.4) is 0 Å². The second-order valence-corrected chi connectivity index (χ2v) is 7.20. The number of amides is 1. The second kappa shape index (κ2) is 7.89. The van der Waals surface area contributed by atoms with E-state index in [0.29, 0.717) is 17.4 Å². The maximum atomic E-state index is 12.4. The van der Waals surface area contributed by atoms with Crippen molar-refractivity contribution in [3.8, 4) is 0 Å². The van der Waals surface area contributed by atoms with Crippen molar-refractivity contribution >= 4 is 11.9 Å². The Labute approximate surface area is 155 Å². The van der Waals surface area contributed by atoms with Crippen LogP contribution >= 0.6 is 0 Å². The summed E-state index contributed by atoms with van der Waals surface area (Å²) in [5.74, 6) is 1.24. The fraction of sp³-hybridized carbons (Fsp3) is 0.550. The molecule has 1 aliphatic rings. The third-order valence-electron chi connectivity index (χ3n) is 5.36. The summed E-state index contributed by atoms with van der Waals surface area (Å²) in [6.07, 6.45) is 9.67. The Hall–Kier alpha value is -2.37. The zero-order valence-corrected chi connectivity index (χ0v) is 16.1. The molecule has 1 N–H and O–H groups in total. The SMILES string of the molecule is Cc1nc(N(C)C2CCCCC2)ncc1[C@@H](C)NC(=O)c1ccoc1C. The first-order valence-electron chi connectivity index (χ1n) is 9.38. The van der Waals surface area contributed by atoms with Crippen LogP contribution < -0.4 is 10.2 Å². The quantitative estimate of drug-likeness (QED) is 0.878. The molecule has 1 amide bonds. The molecule has 0 radical (unpaired) electrons. The van der Waals surface area contributed by atoms with Gasteiger partial charge >= 0.3 is 0 Å². The molecule has 140 valence electrons. The van der Waals surface area contributed by atoms with Crippen LogP contribution in [0.4, 0.5) is 5.95 Å². The molecule has 3 rings (SSSR count). The Morgan fingerprint density at radius 1 is 1.31 bits per heavy atom. The van der Waals surface area contributed by atoms with Gasteiger partial charge in [-0.3, -0.25) is 4.79 Å². The summed E-state index contributed by atoms with van der Waals surface area (Å²) in [5, 5.41) is 3.00. The number of nitrogens with zero attached hydrogens (tertiary/aromatic N) is 3. The number of furan rings is 1. The fourth-order valence-corrected chi connectivity index (χ4v) is 3.66. The standard InChI is InChI=1S/C20H28N4O2/c1-13(22-19(25)17-10-11-26-15(17)3)18-12-21-20(23-14(18)2)24(4)16-8-6-5-7-9-16/h10-13,16H,5-9H2,1-4H3,(H,22,25)/t13-/m1/s1. The van der Waals surface area contributed by atoms with E-state index >= 15 is 0 Å². The van der Waals surface area contributed by atoms with Gasteiger partial charge in [0.15, 0.2) is 0 Å². The molecule has 6 nitrogen and oxygen atoms in total. The lowest BCUT2D eigenvalue weighted by Gasteiger charge is -2.31. The van der Waals surface area contributed by atoms with Gasteiger partial charge in [0.2, 0.25) is 5.95 Å². The molecule has 6 heteroatoms. The highest BCUT2D eigenvalue weighted by atomic mass is 16.3. The summed E-state index contributed by atoms with van der Waals surface area (Å²) in [5.41, 5.74) is 2.39. The molecule has 0 spiro atoms. The first-order valence-corrected chi connectivity index (χ1v) is 9.38. The smallest absolute Gasteiger partial charge is 0.255 e. The predicted molar refractivity (Wildman–Crippen MR) is 101 cm³/mol. The molecule has 2 heterocycles. The molecule has 1 saturated carbocycles. The summed E-state index contributed by atoms with van der Waals surface area (Å²) in [6, 6.07) is 2.03. The number of carbonyl (C=O) groups excluding carboxylic acids is 1. The van der Waals surface area contributed by atoms with Gasteiger partial charge in [0.25, 0.3) is 5.91 Å². The van der Waals surface area contributed by atoms with Gasteiger partial charge in [0, 0.05) is 30.5 Å². The second-order valence-electron chi connectivity index (χ2n) is 7.20. The zero-order valence-electron chi connectivity index (χ0n) is 16.1. The van der Waals surface area contributed by atoms with Gasteiger partial charge in [-0.25, -0.2) is 9.97 Å². The number of nitrogens with one attached hydrogen (secondary N) is 1. The van der Waals surface area contributed by atoms with E-state index in [-0.39, 0.29) is 11.9 Å². The summed E-state index contributed by atoms with van der Waals surface area (Å²) in [7, 11) is 2.08. The van der Waals surface area contributed by atoms with E-state index in [2.05, 4.69) is 22.2 Å². The van der Waals surface area contributed by atoms with E-state index in [4.69, 9.17) is 9.40 Å². The van der Waals surface area contributed by atoms with Crippen LogP contribution in [0, 0.1) is 13.8 Å². The van der Waals surface area contributed by atoms with Crippen molar-refractivity contribution in [1.29, 1.82) is 0 Å². The van der Waals surface area contributed by atoms with E-state index in [1.807, 2.05) is 20.0 Å². The molecule has 0 aromatic carbocycles. The topological polar surface area (TPSA) is 71.3 Å². The van der Waals surface area contributed by atoms with E-state index in [1.165, 1.54) is 38.4 Å². The van der Waals surface area contributed by atoms with Crippen molar-refractivity contribution in [2.24, 2.45) is 0 Å². The monoisotopic (exact) mass is 356 g/mol. The minimum absolute atomic E-state index is 0.147. The van der Waals surface area contributed by atoms with Crippen LogP contribution in [0.2, 0.25) is 0 Å². The number of aromatic nitrogens is 2. The minimum Gasteiger partial charge on any atom is -0.469 e. The molecule has 0 saturated heterocycles. The largest absolute Gasteiger partial charge is 0.469 e. The van der Waals surface area contributed by atoms with Gasteiger partial charge in [0.05, 0.1) is 17.9 Å². The Bertz CT molecular complexity index is 765. The van der Waals surface area contributed by atoms with Crippen LogP contribution in [0.1, 0.15) is 72.4 Å². The van der Waals surface area contributed by atoms with Crippen LogP contribution in [-0.2, 0) is 0 Å². The molecule has 1 fully saturated rings. The average Bonchev–Trinajstić information content (AvgIpc) is 3.07. The van der Waals surface area contributed by atoms with Gasteiger partial charge in [-0.1, -0.05) is 19.3 Å². The number of hydrogen-bond acceptors (Lipinski definition) is 5. The third-order valence-corrected chi connectivity index (χ3v) is 5.36. The lowest BCUT2D eigenvalue weighted by Crippen LogP contribution is -2.35. The van der Waals surface area contributed by atoms with E-state index in [0.717, 1.165) is 17.2 Å². The Morgan fingerprint density at radius 3 is 2.65 bits per heavy atom. The highest BCUT2D eigenvalue weighted by Gasteiger charge is 2.22. The summed E-state index contributed by atoms with van der Waals surface area (Å²) < 4.78 is 5.21. The molecule has 0 bridgehead atoms. The average molecular weight is 356 g/mol. The molecule has 1 atom stereocenters. The number of aryl methyl sites for hydroxylation is 2. The Morgan fingerprint density at radius 2 is 2.04 bits per heavy atom.